The van der Waals surface area contributed by atoms with Crippen LogP contribution in [0.1, 0.15) is 62.0 Å². The molecule has 4 fully saturated rings. The number of rotatable bonds is 2. The van der Waals surface area contributed by atoms with Crippen LogP contribution in [0.15, 0.2) is 11.4 Å². The van der Waals surface area contributed by atoms with E-state index in [0.29, 0.717) is 21.6 Å². The van der Waals surface area contributed by atoms with Crippen LogP contribution in [0.25, 0.3) is 0 Å². The lowest BCUT2D eigenvalue weighted by Crippen LogP contribution is -2.57. The van der Waals surface area contributed by atoms with Crippen molar-refractivity contribution in [1.82, 2.24) is 0 Å². The van der Waals surface area contributed by atoms with Crippen LogP contribution >= 0.6 is 22.9 Å². The van der Waals surface area contributed by atoms with Gasteiger partial charge in [-0.2, -0.15) is 0 Å². The summed E-state index contributed by atoms with van der Waals surface area (Å²) < 4.78 is 0. The van der Waals surface area contributed by atoms with Crippen molar-refractivity contribution in [1.29, 1.82) is 0 Å². The second-order valence-electron chi connectivity index (χ2n) is 8.34. The Balaban J connectivity index is 1.78. The molecular weight excluding hydrogens is 288 g/mol. The van der Waals surface area contributed by atoms with Gasteiger partial charge in [-0.1, -0.05) is 25.4 Å². The summed E-state index contributed by atoms with van der Waals surface area (Å²) in [6.07, 6.45) is 7.23. The van der Waals surface area contributed by atoms with Gasteiger partial charge in [-0.05, 0) is 66.7 Å². The molecule has 4 saturated carbocycles. The number of Topliss-reactive ketones (excluding diaryl/α,β-unsaturated/α-hetero) is 1. The highest BCUT2D eigenvalue weighted by Crippen LogP contribution is 2.70. The van der Waals surface area contributed by atoms with E-state index in [-0.39, 0.29) is 5.41 Å². The standard InChI is InChI=1S/C17H21ClOS/c1-15-5-11-6-16(2,8-15)10-17(7-11,9-15)14(19)13-12(18)3-4-20-13/h3-4,11H,5-10H2,1-2H3. The van der Waals surface area contributed by atoms with Crippen LogP contribution in [0.2, 0.25) is 5.02 Å². The molecule has 20 heavy (non-hydrogen) atoms. The zero-order chi connectivity index (χ0) is 14.2. The highest BCUT2D eigenvalue weighted by atomic mass is 35.5. The van der Waals surface area contributed by atoms with Crippen LogP contribution in [0.3, 0.4) is 0 Å². The lowest BCUT2D eigenvalue weighted by Gasteiger charge is -2.64. The van der Waals surface area contributed by atoms with Gasteiger partial charge in [0, 0.05) is 5.41 Å². The molecule has 2 atom stereocenters. The van der Waals surface area contributed by atoms with Gasteiger partial charge in [-0.25, -0.2) is 0 Å². The predicted molar refractivity (Wildman–Crippen MR) is 83.5 cm³/mol. The Kier molecular flexibility index (Phi) is 2.60. The van der Waals surface area contributed by atoms with E-state index in [9.17, 15) is 4.79 Å². The summed E-state index contributed by atoms with van der Waals surface area (Å²) in [6.45, 7) is 4.82. The largest absolute Gasteiger partial charge is 0.293 e. The maximum atomic E-state index is 13.2. The molecule has 4 bridgehead atoms. The van der Waals surface area contributed by atoms with E-state index >= 15 is 0 Å². The first kappa shape index (κ1) is 13.3. The van der Waals surface area contributed by atoms with Crippen LogP contribution in [0.5, 0.6) is 0 Å². The summed E-state index contributed by atoms with van der Waals surface area (Å²) in [5.41, 5.74) is 0.651. The van der Waals surface area contributed by atoms with Crippen LogP contribution in [-0.4, -0.2) is 5.78 Å². The topological polar surface area (TPSA) is 17.1 Å². The molecule has 0 radical (unpaired) electrons. The Bertz CT molecular complexity index is 572. The fourth-order valence-corrected chi connectivity index (χ4v) is 7.60. The van der Waals surface area contributed by atoms with E-state index in [1.54, 1.807) is 0 Å². The molecule has 108 valence electrons. The van der Waals surface area contributed by atoms with Gasteiger partial charge in [0.1, 0.15) is 0 Å². The molecule has 1 aromatic rings. The quantitative estimate of drug-likeness (QED) is 0.652. The van der Waals surface area contributed by atoms with Crippen LogP contribution in [-0.2, 0) is 0 Å². The third-order valence-electron chi connectivity index (χ3n) is 5.93. The summed E-state index contributed by atoms with van der Waals surface area (Å²) in [5.74, 6) is 1.10. The van der Waals surface area contributed by atoms with Crippen molar-refractivity contribution in [3.63, 3.8) is 0 Å². The third kappa shape index (κ3) is 1.77. The summed E-state index contributed by atoms with van der Waals surface area (Å²) >= 11 is 7.76. The number of halogens is 1. The molecule has 4 aliphatic rings. The van der Waals surface area contributed by atoms with E-state index in [1.165, 1.54) is 30.6 Å². The maximum absolute atomic E-state index is 13.2. The molecule has 1 nitrogen and oxygen atoms in total. The molecule has 0 aromatic carbocycles. The first-order valence-corrected chi connectivity index (χ1v) is 8.87. The minimum atomic E-state index is -0.114. The molecule has 2 unspecified atom stereocenters. The second kappa shape index (κ2) is 3.89. The van der Waals surface area contributed by atoms with Crippen molar-refractivity contribution >= 4 is 28.7 Å². The molecule has 0 aliphatic heterocycles. The Hall–Kier alpha value is -0.340. The first-order valence-electron chi connectivity index (χ1n) is 7.61. The van der Waals surface area contributed by atoms with Gasteiger partial charge in [-0.3, -0.25) is 4.79 Å². The number of hydrogen-bond donors (Lipinski definition) is 0. The van der Waals surface area contributed by atoms with Gasteiger partial charge in [0.2, 0.25) is 0 Å². The van der Waals surface area contributed by atoms with Crippen molar-refractivity contribution in [3.8, 4) is 0 Å². The lowest BCUT2D eigenvalue weighted by molar-refractivity contribution is -0.125. The average molecular weight is 309 g/mol. The number of carbonyl (C=O) groups is 1. The van der Waals surface area contributed by atoms with E-state index in [1.807, 2.05) is 11.4 Å². The number of hydrogen-bond acceptors (Lipinski definition) is 2. The zero-order valence-electron chi connectivity index (χ0n) is 12.2. The Labute approximate surface area is 129 Å². The molecule has 1 aromatic heterocycles. The highest BCUT2D eigenvalue weighted by Gasteiger charge is 2.62. The van der Waals surface area contributed by atoms with Crippen molar-refractivity contribution in [2.45, 2.75) is 52.4 Å². The fourth-order valence-electron chi connectivity index (χ4n) is 6.40. The Morgan fingerprint density at radius 1 is 1.20 bits per heavy atom. The van der Waals surface area contributed by atoms with Crippen molar-refractivity contribution in [2.75, 3.05) is 0 Å². The monoisotopic (exact) mass is 308 g/mol. The molecule has 1 heterocycles. The van der Waals surface area contributed by atoms with Crippen molar-refractivity contribution in [3.05, 3.63) is 21.3 Å². The molecule has 5 rings (SSSR count). The first-order chi connectivity index (χ1) is 9.33. The molecule has 0 saturated heterocycles. The number of ketones is 1. The van der Waals surface area contributed by atoms with Gasteiger partial charge in [0.15, 0.2) is 5.78 Å². The molecule has 0 N–H and O–H groups in total. The van der Waals surface area contributed by atoms with Crippen LogP contribution in [0.4, 0.5) is 0 Å². The Morgan fingerprint density at radius 3 is 2.35 bits per heavy atom. The van der Waals surface area contributed by atoms with Crippen LogP contribution < -0.4 is 0 Å². The lowest BCUT2D eigenvalue weighted by atomic mass is 9.39. The number of thiophene rings is 1. The number of carbonyl (C=O) groups excluding carboxylic acids is 1. The minimum absolute atomic E-state index is 0.114. The Morgan fingerprint density at radius 2 is 1.85 bits per heavy atom. The summed E-state index contributed by atoms with van der Waals surface area (Å²) in [4.78, 5) is 14.0. The zero-order valence-corrected chi connectivity index (χ0v) is 13.7. The van der Waals surface area contributed by atoms with Gasteiger partial charge in [-0.15, -0.1) is 11.3 Å². The van der Waals surface area contributed by atoms with E-state index in [0.717, 1.165) is 30.1 Å². The van der Waals surface area contributed by atoms with Crippen molar-refractivity contribution in [2.24, 2.45) is 22.2 Å². The van der Waals surface area contributed by atoms with Crippen LogP contribution in [0, 0.1) is 22.2 Å². The van der Waals surface area contributed by atoms with Gasteiger partial charge in [0.25, 0.3) is 0 Å². The maximum Gasteiger partial charge on any atom is 0.180 e. The smallest absolute Gasteiger partial charge is 0.180 e. The normalized spacial score (nSPS) is 45.9. The molecule has 3 heteroatoms. The van der Waals surface area contributed by atoms with E-state index in [2.05, 4.69) is 13.8 Å². The highest BCUT2D eigenvalue weighted by molar-refractivity contribution is 7.12. The minimum Gasteiger partial charge on any atom is -0.293 e. The van der Waals surface area contributed by atoms with Gasteiger partial charge >= 0.3 is 0 Å². The summed E-state index contributed by atoms with van der Waals surface area (Å²) in [7, 11) is 0. The van der Waals surface area contributed by atoms with Crippen molar-refractivity contribution < 1.29 is 4.79 Å². The van der Waals surface area contributed by atoms with E-state index in [4.69, 9.17) is 11.6 Å². The SMILES string of the molecule is CC12CC3CC(C)(C1)CC(C(=O)c1sccc1Cl)(C3)C2. The molecule has 0 amide bonds. The summed E-state index contributed by atoms with van der Waals surface area (Å²) in [6, 6.07) is 1.86. The fraction of sp³-hybridized carbons (Fsp3) is 0.706. The van der Waals surface area contributed by atoms with E-state index < -0.39 is 0 Å². The van der Waals surface area contributed by atoms with Gasteiger partial charge in [0.05, 0.1) is 9.90 Å². The molecular formula is C17H21ClOS. The predicted octanol–water partition coefficient (Wildman–Crippen LogP) is 5.58. The molecule has 0 spiro atoms. The van der Waals surface area contributed by atoms with Gasteiger partial charge < -0.3 is 0 Å². The average Bonchev–Trinajstić information content (AvgIpc) is 2.69. The summed E-state index contributed by atoms with van der Waals surface area (Å²) in [5, 5.41) is 2.60. The third-order valence-corrected chi connectivity index (χ3v) is 7.27. The molecule has 4 aliphatic carbocycles. The second-order valence-corrected chi connectivity index (χ2v) is 9.66.